The van der Waals surface area contributed by atoms with Gasteiger partial charge in [-0.05, 0) is 55.4 Å². The minimum absolute atomic E-state index is 0.0532. The Kier molecular flexibility index (Phi) is 6.26. The Morgan fingerprint density at radius 3 is 2.62 bits per heavy atom. The van der Waals surface area contributed by atoms with Crippen LogP contribution in [-0.4, -0.2) is 45.6 Å². The van der Waals surface area contributed by atoms with E-state index in [2.05, 4.69) is 20.6 Å². The van der Waals surface area contributed by atoms with E-state index in [0.717, 1.165) is 17.4 Å². The number of amides is 1. The van der Waals surface area contributed by atoms with Crippen LogP contribution in [0, 0.1) is 0 Å². The number of aliphatic imine (C=N–C) groups is 1. The molecule has 1 N–H and O–H groups in total. The summed E-state index contributed by atoms with van der Waals surface area (Å²) in [6, 6.07) is 9.76. The first-order valence-corrected chi connectivity index (χ1v) is 10.8. The first-order chi connectivity index (χ1) is 16.0. The number of aromatic nitrogens is 3. The second-order valence-electron chi connectivity index (χ2n) is 8.82. The van der Waals surface area contributed by atoms with Gasteiger partial charge < -0.3 is 10.2 Å². The molecule has 34 heavy (non-hydrogen) atoms. The molecule has 0 spiro atoms. The summed E-state index contributed by atoms with van der Waals surface area (Å²) in [6.45, 7) is 4.03. The van der Waals surface area contributed by atoms with Crippen molar-refractivity contribution >= 4 is 23.0 Å². The third-order valence-electron chi connectivity index (χ3n) is 5.47. The van der Waals surface area contributed by atoms with E-state index >= 15 is 0 Å². The van der Waals surface area contributed by atoms with Crippen molar-refractivity contribution in [1.29, 1.82) is 0 Å². The van der Waals surface area contributed by atoms with Crippen LogP contribution in [0.5, 0.6) is 0 Å². The van der Waals surface area contributed by atoms with Crippen LogP contribution >= 0.6 is 0 Å². The Labute approximate surface area is 195 Å². The molecule has 0 unspecified atom stereocenters. The summed E-state index contributed by atoms with van der Waals surface area (Å²) in [5.41, 5.74) is 2.50. The number of hydrogen-bond acceptors (Lipinski definition) is 5. The Bertz CT molecular complexity index is 1260. The number of carbonyl (C=O) groups excluding carboxylic acids is 1. The molecule has 0 bridgehead atoms. The largest absolute Gasteiger partial charge is 0.416 e. The third kappa shape index (κ3) is 4.86. The zero-order valence-corrected chi connectivity index (χ0v) is 19.3. The molecule has 178 valence electrons. The van der Waals surface area contributed by atoms with Crippen molar-refractivity contribution in [1.82, 2.24) is 19.9 Å². The van der Waals surface area contributed by atoms with Gasteiger partial charge in [0.2, 0.25) is 5.91 Å². The molecular weight excluding hydrogens is 445 g/mol. The second-order valence-corrected chi connectivity index (χ2v) is 8.82. The van der Waals surface area contributed by atoms with Crippen LogP contribution < -0.4 is 5.32 Å². The number of carbonyl (C=O) groups is 1. The lowest BCUT2D eigenvalue weighted by Crippen LogP contribution is -2.16. The first kappa shape index (κ1) is 23.6. The fourth-order valence-corrected chi connectivity index (χ4v) is 3.94. The van der Waals surface area contributed by atoms with Crippen molar-refractivity contribution in [2.45, 2.75) is 38.9 Å². The molecule has 2 aromatic carbocycles. The number of hydrogen-bond donors (Lipinski definition) is 1. The van der Waals surface area contributed by atoms with E-state index in [0.29, 0.717) is 23.5 Å². The van der Waals surface area contributed by atoms with Crippen LogP contribution in [-0.2, 0) is 17.5 Å². The van der Waals surface area contributed by atoms with E-state index in [9.17, 15) is 18.0 Å². The SMILES string of the molecule is CC(C)c1cc2c(cc1C(F)(F)F)NC(=O)CC(c1cccc(-n3nncc3CN(C)C)c1)=N2. The number of benzene rings is 2. The number of rotatable bonds is 5. The minimum atomic E-state index is -4.53. The number of nitrogens with one attached hydrogen (secondary N) is 1. The first-order valence-electron chi connectivity index (χ1n) is 10.8. The predicted molar refractivity (Wildman–Crippen MR) is 124 cm³/mol. The monoisotopic (exact) mass is 470 g/mol. The van der Waals surface area contributed by atoms with Crippen molar-refractivity contribution in [2.24, 2.45) is 4.99 Å². The summed E-state index contributed by atoms with van der Waals surface area (Å²) in [5.74, 6) is -0.798. The highest BCUT2D eigenvalue weighted by molar-refractivity contribution is 6.17. The molecule has 1 aliphatic heterocycles. The molecule has 1 aliphatic rings. The third-order valence-corrected chi connectivity index (χ3v) is 5.47. The number of nitrogens with zero attached hydrogens (tertiary/aromatic N) is 5. The lowest BCUT2D eigenvalue weighted by atomic mass is 9.95. The molecule has 0 atom stereocenters. The topological polar surface area (TPSA) is 75.4 Å². The maximum atomic E-state index is 13.6. The van der Waals surface area contributed by atoms with Gasteiger partial charge in [0, 0.05) is 6.54 Å². The maximum Gasteiger partial charge on any atom is 0.416 e. The fraction of sp³-hybridized carbons (Fsp3) is 0.333. The smallest absolute Gasteiger partial charge is 0.324 e. The van der Waals surface area contributed by atoms with Crippen LogP contribution in [0.2, 0.25) is 0 Å². The molecule has 3 aromatic rings. The van der Waals surface area contributed by atoms with E-state index in [1.807, 2.05) is 43.3 Å². The van der Waals surface area contributed by atoms with Crippen molar-refractivity contribution in [3.8, 4) is 5.69 Å². The minimum Gasteiger partial charge on any atom is -0.324 e. The maximum absolute atomic E-state index is 13.6. The van der Waals surface area contributed by atoms with E-state index in [1.165, 1.54) is 6.07 Å². The molecule has 10 heteroatoms. The van der Waals surface area contributed by atoms with Gasteiger partial charge in [-0.25, -0.2) is 4.68 Å². The average molecular weight is 470 g/mol. The van der Waals surface area contributed by atoms with Gasteiger partial charge in [-0.15, -0.1) is 5.10 Å². The molecule has 1 aromatic heterocycles. The van der Waals surface area contributed by atoms with Gasteiger partial charge >= 0.3 is 6.18 Å². The van der Waals surface area contributed by atoms with Crippen LogP contribution in [0.3, 0.4) is 0 Å². The zero-order valence-electron chi connectivity index (χ0n) is 19.3. The van der Waals surface area contributed by atoms with E-state index in [1.54, 1.807) is 24.7 Å². The molecule has 7 nitrogen and oxygen atoms in total. The van der Waals surface area contributed by atoms with E-state index in [-0.39, 0.29) is 23.6 Å². The van der Waals surface area contributed by atoms with Crippen molar-refractivity contribution in [3.05, 3.63) is 65.0 Å². The van der Waals surface area contributed by atoms with Crippen LogP contribution in [0.15, 0.2) is 47.6 Å². The standard InChI is InChI=1S/C24H25F3N6O/c1-14(2)18-9-21-22(10-19(18)24(25,26)27)30-23(34)11-20(29-21)15-6-5-7-16(8-15)33-17(12-28-31-33)13-32(3)4/h5-10,12,14H,11,13H2,1-4H3,(H,30,34). The summed E-state index contributed by atoms with van der Waals surface area (Å²) in [5, 5.41) is 10.8. The Morgan fingerprint density at radius 2 is 1.94 bits per heavy atom. The molecular formula is C24H25F3N6O. The number of alkyl halides is 3. The lowest BCUT2D eigenvalue weighted by Gasteiger charge is -2.18. The summed E-state index contributed by atoms with van der Waals surface area (Å²) >= 11 is 0. The summed E-state index contributed by atoms with van der Waals surface area (Å²) in [4.78, 5) is 19.2. The Hall–Kier alpha value is -3.53. The highest BCUT2D eigenvalue weighted by Gasteiger charge is 2.35. The van der Waals surface area contributed by atoms with Crippen LogP contribution in [0.4, 0.5) is 24.5 Å². The van der Waals surface area contributed by atoms with Gasteiger partial charge in [0.1, 0.15) is 0 Å². The zero-order chi connectivity index (χ0) is 24.6. The van der Waals surface area contributed by atoms with Crippen molar-refractivity contribution in [2.75, 3.05) is 19.4 Å². The number of anilines is 1. The van der Waals surface area contributed by atoms with Gasteiger partial charge in [0.05, 0.1) is 46.6 Å². The molecule has 0 aliphatic carbocycles. The van der Waals surface area contributed by atoms with Crippen LogP contribution in [0.1, 0.15) is 48.6 Å². The lowest BCUT2D eigenvalue weighted by molar-refractivity contribution is -0.138. The van der Waals surface area contributed by atoms with Gasteiger partial charge in [0.15, 0.2) is 0 Å². The van der Waals surface area contributed by atoms with E-state index in [4.69, 9.17) is 0 Å². The fourth-order valence-electron chi connectivity index (χ4n) is 3.94. The molecule has 0 fully saturated rings. The quantitative estimate of drug-likeness (QED) is 0.574. The highest BCUT2D eigenvalue weighted by atomic mass is 19.4. The molecule has 2 heterocycles. The normalized spacial score (nSPS) is 14.1. The van der Waals surface area contributed by atoms with Gasteiger partial charge in [0.25, 0.3) is 0 Å². The summed E-state index contributed by atoms with van der Waals surface area (Å²) in [6.07, 6.45) is -2.92. The predicted octanol–water partition coefficient (Wildman–Crippen LogP) is 4.93. The Balaban J connectivity index is 1.80. The molecule has 0 radical (unpaired) electrons. The highest BCUT2D eigenvalue weighted by Crippen LogP contribution is 2.41. The van der Waals surface area contributed by atoms with Crippen LogP contribution in [0.25, 0.3) is 5.69 Å². The summed E-state index contributed by atoms with van der Waals surface area (Å²) < 4.78 is 42.6. The molecule has 1 amide bonds. The molecule has 0 saturated carbocycles. The number of halogens is 3. The molecule has 0 saturated heterocycles. The Morgan fingerprint density at radius 1 is 1.18 bits per heavy atom. The number of fused-ring (bicyclic) bond motifs is 1. The van der Waals surface area contributed by atoms with Gasteiger partial charge in [-0.3, -0.25) is 9.79 Å². The van der Waals surface area contributed by atoms with E-state index < -0.39 is 17.6 Å². The van der Waals surface area contributed by atoms with Crippen molar-refractivity contribution in [3.63, 3.8) is 0 Å². The molecule has 4 rings (SSSR count). The second kappa shape index (κ2) is 9.02. The summed E-state index contributed by atoms with van der Waals surface area (Å²) in [7, 11) is 3.89. The van der Waals surface area contributed by atoms with Gasteiger partial charge in [-0.2, -0.15) is 13.2 Å². The average Bonchev–Trinajstić information content (AvgIpc) is 3.13. The van der Waals surface area contributed by atoms with Crippen molar-refractivity contribution < 1.29 is 18.0 Å². The van der Waals surface area contributed by atoms with Gasteiger partial charge in [-0.1, -0.05) is 31.2 Å².